The molecule has 1 heterocycles. The van der Waals surface area contributed by atoms with Gasteiger partial charge in [-0.05, 0) is 23.6 Å². The lowest BCUT2D eigenvalue weighted by atomic mass is 10.2. The molecule has 0 radical (unpaired) electrons. The Morgan fingerprint density at radius 1 is 1.32 bits per heavy atom. The normalized spacial score (nSPS) is 10.6. The van der Waals surface area contributed by atoms with E-state index in [4.69, 9.17) is 11.6 Å². The number of halogens is 2. The van der Waals surface area contributed by atoms with E-state index in [9.17, 15) is 14.0 Å². The number of benzene rings is 1. The van der Waals surface area contributed by atoms with E-state index < -0.39 is 11.7 Å². The Bertz CT molecular complexity index is 684. The van der Waals surface area contributed by atoms with Gasteiger partial charge in [-0.25, -0.2) is 9.82 Å². The van der Waals surface area contributed by atoms with Gasteiger partial charge in [-0.3, -0.25) is 9.59 Å². The predicted octanol–water partition coefficient (Wildman–Crippen LogP) is 2.42. The number of amides is 2. The summed E-state index contributed by atoms with van der Waals surface area (Å²) in [6, 6.07) is 7.59. The SMILES string of the molecule is O=C(CNC(=O)c1cccs1)NN=Cc1c(F)cccc1Cl. The second-order valence-electron chi connectivity index (χ2n) is 4.09. The molecule has 1 aromatic carbocycles. The summed E-state index contributed by atoms with van der Waals surface area (Å²) in [6.07, 6.45) is 1.11. The lowest BCUT2D eigenvalue weighted by Gasteiger charge is -2.03. The number of nitrogens with zero attached hydrogens (tertiary/aromatic N) is 1. The summed E-state index contributed by atoms with van der Waals surface area (Å²) >= 11 is 7.08. The van der Waals surface area contributed by atoms with Crippen LogP contribution in [0.1, 0.15) is 15.2 Å². The molecule has 2 rings (SSSR count). The zero-order valence-electron chi connectivity index (χ0n) is 11.2. The van der Waals surface area contributed by atoms with Crippen LogP contribution >= 0.6 is 22.9 Å². The summed E-state index contributed by atoms with van der Waals surface area (Å²) in [5.41, 5.74) is 2.26. The van der Waals surface area contributed by atoms with Crippen LogP contribution in [0.3, 0.4) is 0 Å². The topological polar surface area (TPSA) is 70.6 Å². The average molecular weight is 340 g/mol. The summed E-state index contributed by atoms with van der Waals surface area (Å²) in [4.78, 5) is 23.6. The first kappa shape index (κ1) is 16.1. The third-order valence-corrected chi connectivity index (χ3v) is 3.74. The Labute approximate surface area is 134 Å². The Morgan fingerprint density at radius 2 is 2.14 bits per heavy atom. The summed E-state index contributed by atoms with van der Waals surface area (Å²) in [5.74, 6) is -1.42. The molecule has 2 N–H and O–H groups in total. The largest absolute Gasteiger partial charge is 0.342 e. The van der Waals surface area contributed by atoms with E-state index in [1.807, 2.05) is 0 Å². The molecule has 5 nitrogen and oxygen atoms in total. The van der Waals surface area contributed by atoms with E-state index in [1.165, 1.54) is 29.5 Å². The molecule has 2 aromatic rings. The maximum absolute atomic E-state index is 13.4. The summed E-state index contributed by atoms with van der Waals surface area (Å²) in [6.45, 7) is -0.237. The zero-order chi connectivity index (χ0) is 15.9. The first-order chi connectivity index (χ1) is 10.6. The van der Waals surface area contributed by atoms with Gasteiger partial charge in [-0.2, -0.15) is 5.10 Å². The molecule has 0 aliphatic heterocycles. The second-order valence-corrected chi connectivity index (χ2v) is 5.44. The lowest BCUT2D eigenvalue weighted by molar-refractivity contribution is -0.120. The highest BCUT2D eigenvalue weighted by molar-refractivity contribution is 7.12. The third-order valence-electron chi connectivity index (χ3n) is 2.54. The predicted molar refractivity (Wildman–Crippen MR) is 83.8 cm³/mol. The highest BCUT2D eigenvalue weighted by Crippen LogP contribution is 2.16. The smallest absolute Gasteiger partial charge is 0.261 e. The Balaban J connectivity index is 1.83. The van der Waals surface area contributed by atoms with Crippen LogP contribution in [0.4, 0.5) is 4.39 Å². The fourth-order valence-corrected chi connectivity index (χ4v) is 2.35. The minimum atomic E-state index is -0.545. The molecule has 8 heteroatoms. The maximum Gasteiger partial charge on any atom is 0.261 e. The quantitative estimate of drug-likeness (QED) is 0.648. The number of nitrogens with one attached hydrogen (secondary N) is 2. The molecule has 0 saturated heterocycles. The summed E-state index contributed by atoms with van der Waals surface area (Å²) in [5, 5.41) is 7.99. The van der Waals surface area contributed by atoms with Crippen LogP contribution in [0.5, 0.6) is 0 Å². The standard InChI is InChI=1S/C14H11ClFN3O2S/c15-10-3-1-4-11(16)9(10)7-18-19-13(20)8-17-14(21)12-5-2-6-22-12/h1-7H,8H2,(H,17,21)(H,19,20). The molecule has 0 saturated carbocycles. The minimum Gasteiger partial charge on any atom is -0.342 e. The molecule has 0 fully saturated rings. The Morgan fingerprint density at radius 3 is 2.82 bits per heavy atom. The van der Waals surface area contributed by atoms with Gasteiger partial charge < -0.3 is 5.32 Å². The lowest BCUT2D eigenvalue weighted by Crippen LogP contribution is -2.34. The molecular formula is C14H11ClFN3O2S. The van der Waals surface area contributed by atoms with Crippen molar-refractivity contribution in [3.63, 3.8) is 0 Å². The molecular weight excluding hydrogens is 329 g/mol. The first-order valence-electron chi connectivity index (χ1n) is 6.15. The molecule has 1 aromatic heterocycles. The molecule has 2 amide bonds. The van der Waals surface area contributed by atoms with E-state index in [0.717, 1.165) is 6.21 Å². The summed E-state index contributed by atoms with van der Waals surface area (Å²) < 4.78 is 13.4. The summed E-state index contributed by atoms with van der Waals surface area (Å²) in [7, 11) is 0. The number of rotatable bonds is 5. The molecule has 0 unspecified atom stereocenters. The van der Waals surface area contributed by atoms with E-state index in [2.05, 4.69) is 15.8 Å². The van der Waals surface area contributed by atoms with Gasteiger partial charge in [-0.15, -0.1) is 11.3 Å². The minimum absolute atomic E-state index is 0.0760. The van der Waals surface area contributed by atoms with Crippen molar-refractivity contribution in [2.24, 2.45) is 5.10 Å². The van der Waals surface area contributed by atoms with Gasteiger partial charge in [0.05, 0.1) is 22.7 Å². The molecule has 0 spiro atoms. The number of carbonyl (C=O) groups excluding carboxylic acids is 2. The van der Waals surface area contributed by atoms with Crippen LogP contribution in [0.15, 0.2) is 40.8 Å². The highest BCUT2D eigenvalue weighted by atomic mass is 35.5. The molecule has 0 aliphatic rings. The molecule has 114 valence electrons. The monoisotopic (exact) mass is 339 g/mol. The fourth-order valence-electron chi connectivity index (χ4n) is 1.50. The zero-order valence-corrected chi connectivity index (χ0v) is 12.7. The van der Waals surface area contributed by atoms with Gasteiger partial charge in [0.25, 0.3) is 11.8 Å². The van der Waals surface area contributed by atoms with Crippen LogP contribution in [-0.4, -0.2) is 24.6 Å². The van der Waals surface area contributed by atoms with Crippen molar-refractivity contribution in [2.45, 2.75) is 0 Å². The Hall–Kier alpha value is -2.25. The second kappa shape index (κ2) is 7.67. The van der Waals surface area contributed by atoms with Gasteiger partial charge in [0.1, 0.15) is 5.82 Å². The van der Waals surface area contributed by atoms with Crippen LogP contribution in [0, 0.1) is 5.82 Å². The van der Waals surface area contributed by atoms with Crippen molar-refractivity contribution in [3.8, 4) is 0 Å². The maximum atomic E-state index is 13.4. The first-order valence-corrected chi connectivity index (χ1v) is 7.41. The van der Waals surface area contributed by atoms with Gasteiger partial charge in [0.2, 0.25) is 0 Å². The van der Waals surface area contributed by atoms with Crippen molar-refractivity contribution >= 4 is 41.0 Å². The molecule has 22 heavy (non-hydrogen) atoms. The van der Waals surface area contributed by atoms with Crippen LogP contribution in [0.2, 0.25) is 5.02 Å². The van der Waals surface area contributed by atoms with Crippen molar-refractivity contribution in [3.05, 3.63) is 57.0 Å². The van der Waals surface area contributed by atoms with E-state index in [-0.39, 0.29) is 23.0 Å². The van der Waals surface area contributed by atoms with Crippen molar-refractivity contribution in [1.29, 1.82) is 0 Å². The molecule has 0 bridgehead atoms. The van der Waals surface area contributed by atoms with Crippen LogP contribution in [-0.2, 0) is 4.79 Å². The van der Waals surface area contributed by atoms with Crippen molar-refractivity contribution in [2.75, 3.05) is 6.54 Å². The van der Waals surface area contributed by atoms with Crippen LogP contribution in [0.25, 0.3) is 0 Å². The molecule has 0 atom stereocenters. The number of hydrogen-bond donors (Lipinski definition) is 2. The van der Waals surface area contributed by atoms with Gasteiger partial charge in [0.15, 0.2) is 0 Å². The van der Waals surface area contributed by atoms with E-state index in [0.29, 0.717) is 4.88 Å². The third kappa shape index (κ3) is 4.37. The van der Waals surface area contributed by atoms with E-state index in [1.54, 1.807) is 17.5 Å². The van der Waals surface area contributed by atoms with Gasteiger partial charge in [-0.1, -0.05) is 23.7 Å². The van der Waals surface area contributed by atoms with Gasteiger partial charge >= 0.3 is 0 Å². The van der Waals surface area contributed by atoms with Crippen LogP contribution < -0.4 is 10.7 Å². The van der Waals surface area contributed by atoms with Crippen molar-refractivity contribution in [1.82, 2.24) is 10.7 Å². The highest BCUT2D eigenvalue weighted by Gasteiger charge is 2.08. The number of thiophene rings is 1. The van der Waals surface area contributed by atoms with Crippen molar-refractivity contribution < 1.29 is 14.0 Å². The van der Waals surface area contributed by atoms with E-state index >= 15 is 0 Å². The average Bonchev–Trinajstić information content (AvgIpc) is 3.02. The number of hydrogen-bond acceptors (Lipinski definition) is 4. The number of hydrazone groups is 1. The fraction of sp³-hybridized carbons (Fsp3) is 0.0714. The Kier molecular flexibility index (Phi) is 5.62. The number of carbonyl (C=O) groups is 2. The van der Waals surface area contributed by atoms with Gasteiger partial charge in [0, 0.05) is 5.56 Å². The molecule has 0 aliphatic carbocycles.